The first-order chi connectivity index (χ1) is 6.70. The minimum atomic E-state index is -1.05. The fraction of sp³-hybridized carbons (Fsp3) is 0.625. The smallest absolute Gasteiger partial charge is 0.358 e. The molecule has 78 valence electrons. The Balaban J connectivity index is 2.93. The van der Waals surface area contributed by atoms with Gasteiger partial charge in [0, 0.05) is 20.1 Å². The van der Waals surface area contributed by atoms with Crippen LogP contribution < -0.4 is 0 Å². The molecule has 6 heteroatoms. The summed E-state index contributed by atoms with van der Waals surface area (Å²) in [4.78, 5) is 10.8. The van der Waals surface area contributed by atoms with Gasteiger partial charge in [-0.2, -0.15) is 0 Å². The molecule has 0 spiro atoms. The van der Waals surface area contributed by atoms with Gasteiger partial charge in [-0.3, -0.25) is 0 Å². The molecule has 14 heavy (non-hydrogen) atoms. The van der Waals surface area contributed by atoms with Gasteiger partial charge in [-0.25, -0.2) is 9.48 Å². The van der Waals surface area contributed by atoms with Gasteiger partial charge in [0.2, 0.25) is 0 Å². The van der Waals surface area contributed by atoms with Crippen LogP contribution >= 0.6 is 0 Å². The SMILES string of the molecule is CCn1nnc(C(=O)O)c1CCOC. The highest BCUT2D eigenvalue weighted by molar-refractivity contribution is 5.86. The van der Waals surface area contributed by atoms with Gasteiger partial charge in [-0.15, -0.1) is 5.10 Å². The van der Waals surface area contributed by atoms with Gasteiger partial charge in [0.05, 0.1) is 12.3 Å². The molecule has 0 aliphatic rings. The van der Waals surface area contributed by atoms with Crippen LogP contribution in [0.3, 0.4) is 0 Å². The van der Waals surface area contributed by atoms with E-state index in [1.54, 1.807) is 11.8 Å². The Morgan fingerprint density at radius 1 is 1.64 bits per heavy atom. The highest BCUT2D eigenvalue weighted by Crippen LogP contribution is 2.06. The van der Waals surface area contributed by atoms with E-state index in [1.165, 1.54) is 0 Å². The summed E-state index contributed by atoms with van der Waals surface area (Å²) in [7, 11) is 1.57. The monoisotopic (exact) mass is 199 g/mol. The van der Waals surface area contributed by atoms with Crippen LogP contribution in [0, 0.1) is 0 Å². The van der Waals surface area contributed by atoms with Crippen LogP contribution in [0.2, 0.25) is 0 Å². The summed E-state index contributed by atoms with van der Waals surface area (Å²) in [5.74, 6) is -1.05. The number of ether oxygens (including phenoxy) is 1. The highest BCUT2D eigenvalue weighted by Gasteiger charge is 2.17. The van der Waals surface area contributed by atoms with Crippen LogP contribution in [-0.2, 0) is 17.7 Å². The maximum Gasteiger partial charge on any atom is 0.358 e. The standard InChI is InChI=1S/C8H13N3O3/c1-3-11-6(4-5-14-2)7(8(12)13)9-10-11/h3-5H2,1-2H3,(H,12,13). The van der Waals surface area contributed by atoms with Crippen molar-refractivity contribution in [2.45, 2.75) is 19.9 Å². The zero-order valence-corrected chi connectivity index (χ0v) is 8.23. The summed E-state index contributed by atoms with van der Waals surface area (Å²) in [6.07, 6.45) is 0.513. The van der Waals surface area contributed by atoms with E-state index in [-0.39, 0.29) is 5.69 Å². The minimum Gasteiger partial charge on any atom is -0.476 e. The number of carboxylic acid groups (broad SMARTS) is 1. The number of hydrogen-bond donors (Lipinski definition) is 1. The summed E-state index contributed by atoms with van der Waals surface area (Å²) in [6.45, 7) is 2.96. The molecular weight excluding hydrogens is 186 g/mol. The lowest BCUT2D eigenvalue weighted by atomic mass is 10.2. The molecule has 6 nitrogen and oxygen atoms in total. The van der Waals surface area contributed by atoms with Crippen LogP contribution in [0.15, 0.2) is 0 Å². The molecule has 1 aromatic rings. The molecule has 0 aliphatic heterocycles. The molecule has 0 bridgehead atoms. The van der Waals surface area contributed by atoms with E-state index in [4.69, 9.17) is 9.84 Å². The Bertz CT molecular complexity index is 322. The third-order valence-electron chi connectivity index (χ3n) is 1.88. The molecule has 0 radical (unpaired) electrons. The molecule has 1 rings (SSSR count). The van der Waals surface area contributed by atoms with Crippen LogP contribution in [0.4, 0.5) is 0 Å². The van der Waals surface area contributed by atoms with E-state index >= 15 is 0 Å². The average Bonchev–Trinajstić information content (AvgIpc) is 2.57. The van der Waals surface area contributed by atoms with Gasteiger partial charge in [0.25, 0.3) is 0 Å². The number of carbonyl (C=O) groups is 1. The molecule has 0 aromatic carbocycles. The van der Waals surface area contributed by atoms with Crippen LogP contribution in [0.1, 0.15) is 23.1 Å². The molecule has 0 fully saturated rings. The minimum absolute atomic E-state index is 0.0175. The Hall–Kier alpha value is -1.43. The Morgan fingerprint density at radius 3 is 2.86 bits per heavy atom. The maximum atomic E-state index is 10.8. The normalized spacial score (nSPS) is 10.4. The molecule has 0 saturated heterocycles. The van der Waals surface area contributed by atoms with Gasteiger partial charge in [-0.05, 0) is 6.92 Å². The first kappa shape index (κ1) is 10.6. The van der Waals surface area contributed by atoms with Gasteiger partial charge in [0.15, 0.2) is 5.69 Å². The fourth-order valence-electron chi connectivity index (χ4n) is 1.20. The van der Waals surface area contributed by atoms with Crippen LogP contribution in [0.5, 0.6) is 0 Å². The predicted octanol–water partition coefficient (Wildman–Crippen LogP) is 0.185. The zero-order chi connectivity index (χ0) is 10.6. The van der Waals surface area contributed by atoms with Crippen molar-refractivity contribution < 1.29 is 14.6 Å². The highest BCUT2D eigenvalue weighted by atomic mass is 16.5. The first-order valence-corrected chi connectivity index (χ1v) is 4.35. The van der Waals surface area contributed by atoms with Gasteiger partial charge < -0.3 is 9.84 Å². The van der Waals surface area contributed by atoms with E-state index in [2.05, 4.69) is 10.3 Å². The van der Waals surface area contributed by atoms with E-state index in [9.17, 15) is 4.79 Å². The first-order valence-electron chi connectivity index (χ1n) is 4.35. The lowest BCUT2D eigenvalue weighted by Crippen LogP contribution is -2.09. The fourth-order valence-corrected chi connectivity index (χ4v) is 1.20. The number of nitrogens with zero attached hydrogens (tertiary/aromatic N) is 3. The topological polar surface area (TPSA) is 77.2 Å². The Morgan fingerprint density at radius 2 is 2.36 bits per heavy atom. The van der Waals surface area contributed by atoms with Crippen molar-refractivity contribution >= 4 is 5.97 Å². The van der Waals surface area contributed by atoms with E-state index in [0.717, 1.165) is 0 Å². The van der Waals surface area contributed by atoms with Crippen molar-refractivity contribution in [3.63, 3.8) is 0 Å². The maximum absolute atomic E-state index is 10.8. The van der Waals surface area contributed by atoms with E-state index < -0.39 is 5.97 Å². The second kappa shape index (κ2) is 4.71. The van der Waals surface area contributed by atoms with Gasteiger partial charge in [0.1, 0.15) is 0 Å². The van der Waals surface area contributed by atoms with Crippen molar-refractivity contribution in [3.8, 4) is 0 Å². The number of aryl methyl sites for hydroxylation is 1. The molecule has 0 unspecified atom stereocenters. The third-order valence-corrected chi connectivity index (χ3v) is 1.88. The van der Waals surface area contributed by atoms with Crippen molar-refractivity contribution in [3.05, 3.63) is 11.4 Å². The van der Waals surface area contributed by atoms with Crippen molar-refractivity contribution in [1.29, 1.82) is 0 Å². The molecule has 1 aromatic heterocycles. The number of aromatic carboxylic acids is 1. The molecule has 0 aliphatic carbocycles. The number of hydrogen-bond acceptors (Lipinski definition) is 4. The van der Waals surface area contributed by atoms with Crippen molar-refractivity contribution in [2.75, 3.05) is 13.7 Å². The molecule has 0 atom stereocenters. The van der Waals surface area contributed by atoms with Crippen LogP contribution in [0.25, 0.3) is 0 Å². The quantitative estimate of drug-likeness (QED) is 0.732. The zero-order valence-electron chi connectivity index (χ0n) is 8.23. The second-order valence-electron chi connectivity index (χ2n) is 2.75. The van der Waals surface area contributed by atoms with Crippen molar-refractivity contribution in [1.82, 2.24) is 15.0 Å². The molecular formula is C8H13N3O3. The lowest BCUT2D eigenvalue weighted by Gasteiger charge is -2.02. The number of carboxylic acids is 1. The predicted molar refractivity (Wildman–Crippen MR) is 48.2 cm³/mol. The number of aromatic nitrogens is 3. The molecule has 1 heterocycles. The van der Waals surface area contributed by atoms with Crippen LogP contribution in [-0.4, -0.2) is 39.8 Å². The lowest BCUT2D eigenvalue weighted by molar-refractivity contribution is 0.0688. The van der Waals surface area contributed by atoms with Gasteiger partial charge >= 0.3 is 5.97 Å². The van der Waals surface area contributed by atoms with Crippen molar-refractivity contribution in [2.24, 2.45) is 0 Å². The summed E-state index contributed by atoms with van der Waals surface area (Å²) in [5, 5.41) is 16.2. The van der Waals surface area contributed by atoms with E-state index in [1.807, 2.05) is 6.92 Å². The molecule has 0 saturated carbocycles. The summed E-state index contributed by atoms with van der Waals surface area (Å²) in [5.41, 5.74) is 0.630. The Labute approximate surface area is 81.5 Å². The second-order valence-corrected chi connectivity index (χ2v) is 2.75. The molecule has 1 N–H and O–H groups in total. The number of methoxy groups -OCH3 is 1. The molecule has 0 amide bonds. The summed E-state index contributed by atoms with van der Waals surface area (Å²) in [6, 6.07) is 0. The summed E-state index contributed by atoms with van der Waals surface area (Å²) >= 11 is 0. The Kier molecular flexibility index (Phi) is 3.58. The van der Waals surface area contributed by atoms with E-state index in [0.29, 0.717) is 25.3 Å². The summed E-state index contributed by atoms with van der Waals surface area (Å²) < 4.78 is 6.46. The average molecular weight is 199 g/mol. The largest absolute Gasteiger partial charge is 0.476 e. The third kappa shape index (κ3) is 2.08. The van der Waals surface area contributed by atoms with Gasteiger partial charge in [-0.1, -0.05) is 5.21 Å². The number of rotatable bonds is 5.